The lowest BCUT2D eigenvalue weighted by molar-refractivity contribution is -0.127. The molecule has 1 saturated heterocycles. The lowest BCUT2D eigenvalue weighted by Gasteiger charge is -2.24. The molecule has 1 aliphatic heterocycles. The van der Waals surface area contributed by atoms with E-state index >= 15 is 0 Å². The minimum absolute atomic E-state index is 0.281. The fraction of sp³-hybridized carbons (Fsp3) is 0.923. The number of nitrogens with zero attached hydrogens (tertiary/aromatic N) is 2. The molecule has 0 aromatic carbocycles. The maximum Gasteiger partial charge on any atom is 0.223 e. The summed E-state index contributed by atoms with van der Waals surface area (Å²) in [7, 11) is 0. The molecular formula is C13H25ClN2O. The van der Waals surface area contributed by atoms with Crippen molar-refractivity contribution in [3.05, 3.63) is 0 Å². The SMILES string of the molecule is CCCN(CCC)CCN1CC(CCl)CC1=O. The van der Waals surface area contributed by atoms with E-state index in [2.05, 4.69) is 18.7 Å². The van der Waals surface area contributed by atoms with Gasteiger partial charge in [-0.2, -0.15) is 0 Å². The molecule has 1 fully saturated rings. The zero-order valence-electron chi connectivity index (χ0n) is 11.1. The molecule has 0 saturated carbocycles. The molecule has 0 aromatic rings. The Morgan fingerprint density at radius 1 is 1.29 bits per heavy atom. The van der Waals surface area contributed by atoms with Crippen molar-refractivity contribution in [2.45, 2.75) is 33.1 Å². The van der Waals surface area contributed by atoms with E-state index in [0.717, 1.165) is 32.7 Å². The summed E-state index contributed by atoms with van der Waals surface area (Å²) < 4.78 is 0. The number of carbonyl (C=O) groups excluding carboxylic acids is 1. The van der Waals surface area contributed by atoms with Crippen LogP contribution in [0, 0.1) is 5.92 Å². The highest BCUT2D eigenvalue weighted by atomic mass is 35.5. The van der Waals surface area contributed by atoms with Gasteiger partial charge in [0.15, 0.2) is 0 Å². The van der Waals surface area contributed by atoms with Gasteiger partial charge >= 0.3 is 0 Å². The molecular weight excluding hydrogens is 236 g/mol. The van der Waals surface area contributed by atoms with E-state index in [1.807, 2.05) is 4.90 Å². The Balaban J connectivity index is 2.30. The van der Waals surface area contributed by atoms with Crippen molar-refractivity contribution in [1.82, 2.24) is 9.80 Å². The lowest BCUT2D eigenvalue weighted by Crippen LogP contribution is -2.36. The highest BCUT2D eigenvalue weighted by Crippen LogP contribution is 2.18. The summed E-state index contributed by atoms with van der Waals surface area (Å²) in [5.74, 6) is 1.26. The number of hydrogen-bond acceptors (Lipinski definition) is 2. The van der Waals surface area contributed by atoms with E-state index in [1.54, 1.807) is 0 Å². The molecule has 1 heterocycles. The second kappa shape index (κ2) is 7.93. The topological polar surface area (TPSA) is 23.6 Å². The maximum atomic E-state index is 11.7. The summed E-state index contributed by atoms with van der Waals surface area (Å²) in [6.07, 6.45) is 3.00. The molecule has 0 aromatic heterocycles. The monoisotopic (exact) mass is 260 g/mol. The minimum Gasteiger partial charge on any atom is -0.341 e. The maximum absolute atomic E-state index is 11.7. The number of alkyl halides is 1. The fourth-order valence-electron chi connectivity index (χ4n) is 2.40. The van der Waals surface area contributed by atoms with E-state index in [0.29, 0.717) is 18.2 Å². The standard InChI is InChI=1S/C13H25ClN2O/c1-3-5-15(6-4-2)7-8-16-11-12(10-14)9-13(16)17/h12H,3-11H2,1-2H3. The lowest BCUT2D eigenvalue weighted by atomic mass is 10.1. The minimum atomic E-state index is 0.281. The van der Waals surface area contributed by atoms with Crippen LogP contribution in [0.4, 0.5) is 0 Å². The Hall–Kier alpha value is -0.280. The zero-order chi connectivity index (χ0) is 12.7. The van der Waals surface area contributed by atoms with E-state index in [1.165, 1.54) is 12.8 Å². The van der Waals surface area contributed by atoms with Crippen LogP contribution in [0.15, 0.2) is 0 Å². The first kappa shape index (κ1) is 14.8. The molecule has 0 bridgehead atoms. The molecule has 1 rings (SSSR count). The van der Waals surface area contributed by atoms with Gasteiger partial charge in [-0.25, -0.2) is 0 Å². The summed E-state index contributed by atoms with van der Waals surface area (Å²) in [4.78, 5) is 16.1. The van der Waals surface area contributed by atoms with Crippen LogP contribution in [-0.2, 0) is 4.79 Å². The smallest absolute Gasteiger partial charge is 0.223 e. The van der Waals surface area contributed by atoms with Gasteiger partial charge in [0, 0.05) is 31.9 Å². The van der Waals surface area contributed by atoms with Crippen LogP contribution in [0.3, 0.4) is 0 Å². The van der Waals surface area contributed by atoms with Crippen molar-refractivity contribution in [3.63, 3.8) is 0 Å². The van der Waals surface area contributed by atoms with Crippen LogP contribution < -0.4 is 0 Å². The van der Waals surface area contributed by atoms with Gasteiger partial charge in [-0.05, 0) is 31.8 Å². The van der Waals surface area contributed by atoms with Crippen molar-refractivity contribution < 1.29 is 4.79 Å². The number of hydrogen-bond donors (Lipinski definition) is 0. The van der Waals surface area contributed by atoms with Gasteiger partial charge in [0.25, 0.3) is 0 Å². The third-order valence-corrected chi connectivity index (χ3v) is 3.72. The quantitative estimate of drug-likeness (QED) is 0.625. The third kappa shape index (κ3) is 4.84. The fourth-order valence-corrected chi connectivity index (χ4v) is 2.61. The molecule has 1 unspecified atom stereocenters. The summed E-state index contributed by atoms with van der Waals surface area (Å²) in [6.45, 7) is 9.40. The molecule has 100 valence electrons. The van der Waals surface area contributed by atoms with Gasteiger partial charge in [0.1, 0.15) is 0 Å². The van der Waals surface area contributed by atoms with Crippen LogP contribution in [0.25, 0.3) is 0 Å². The average molecular weight is 261 g/mol. The molecule has 1 atom stereocenters. The molecule has 3 nitrogen and oxygen atoms in total. The molecule has 1 aliphatic rings. The molecule has 0 aliphatic carbocycles. The highest BCUT2D eigenvalue weighted by molar-refractivity contribution is 6.18. The molecule has 0 radical (unpaired) electrons. The first-order valence-corrected chi connectivity index (χ1v) is 7.30. The van der Waals surface area contributed by atoms with Crippen LogP contribution in [0.2, 0.25) is 0 Å². The summed E-state index contributed by atoms with van der Waals surface area (Å²) in [6, 6.07) is 0. The van der Waals surface area contributed by atoms with Crippen LogP contribution in [0.1, 0.15) is 33.1 Å². The van der Waals surface area contributed by atoms with Crippen molar-refractivity contribution in [1.29, 1.82) is 0 Å². The Morgan fingerprint density at radius 3 is 2.41 bits per heavy atom. The van der Waals surface area contributed by atoms with E-state index in [-0.39, 0.29) is 5.91 Å². The third-order valence-electron chi connectivity index (χ3n) is 3.28. The first-order valence-electron chi connectivity index (χ1n) is 6.77. The zero-order valence-corrected chi connectivity index (χ0v) is 11.9. The number of carbonyl (C=O) groups is 1. The van der Waals surface area contributed by atoms with E-state index < -0.39 is 0 Å². The number of likely N-dealkylation sites (tertiary alicyclic amines) is 1. The second-order valence-corrected chi connectivity index (χ2v) is 5.21. The molecule has 1 amide bonds. The molecule has 4 heteroatoms. The molecule has 0 N–H and O–H groups in total. The summed E-state index contributed by atoms with van der Waals surface area (Å²) in [5, 5.41) is 0. The number of amides is 1. The van der Waals surface area contributed by atoms with Gasteiger partial charge in [-0.3, -0.25) is 4.79 Å². The largest absolute Gasteiger partial charge is 0.341 e. The van der Waals surface area contributed by atoms with Gasteiger partial charge in [-0.1, -0.05) is 13.8 Å². The van der Waals surface area contributed by atoms with E-state index in [9.17, 15) is 4.79 Å². The van der Waals surface area contributed by atoms with Gasteiger partial charge < -0.3 is 9.80 Å². The Bertz CT molecular complexity index is 229. The Labute approximate surface area is 110 Å². The molecule has 0 spiro atoms. The Morgan fingerprint density at radius 2 is 1.94 bits per heavy atom. The predicted octanol–water partition coefficient (Wildman–Crippen LogP) is 2.20. The van der Waals surface area contributed by atoms with E-state index in [4.69, 9.17) is 11.6 Å². The predicted molar refractivity (Wildman–Crippen MR) is 72.4 cm³/mol. The average Bonchev–Trinajstić information content (AvgIpc) is 2.68. The number of halogens is 1. The van der Waals surface area contributed by atoms with Crippen LogP contribution in [-0.4, -0.2) is 54.3 Å². The van der Waals surface area contributed by atoms with Crippen molar-refractivity contribution in [2.24, 2.45) is 5.92 Å². The van der Waals surface area contributed by atoms with Gasteiger partial charge in [0.2, 0.25) is 5.91 Å². The van der Waals surface area contributed by atoms with Crippen LogP contribution >= 0.6 is 11.6 Å². The van der Waals surface area contributed by atoms with Crippen molar-refractivity contribution >= 4 is 17.5 Å². The Kier molecular flexibility index (Phi) is 6.90. The second-order valence-electron chi connectivity index (χ2n) is 4.91. The summed E-state index contributed by atoms with van der Waals surface area (Å²) in [5.41, 5.74) is 0. The van der Waals surface area contributed by atoms with Gasteiger partial charge in [-0.15, -0.1) is 11.6 Å². The first-order chi connectivity index (χ1) is 8.21. The van der Waals surface area contributed by atoms with Gasteiger partial charge in [0.05, 0.1) is 0 Å². The normalized spacial score (nSPS) is 20.6. The van der Waals surface area contributed by atoms with Crippen molar-refractivity contribution in [3.8, 4) is 0 Å². The van der Waals surface area contributed by atoms with Crippen molar-refractivity contribution in [2.75, 3.05) is 38.6 Å². The summed E-state index contributed by atoms with van der Waals surface area (Å²) >= 11 is 5.81. The molecule has 17 heavy (non-hydrogen) atoms. The number of rotatable bonds is 8. The highest BCUT2D eigenvalue weighted by Gasteiger charge is 2.28. The van der Waals surface area contributed by atoms with Crippen LogP contribution in [0.5, 0.6) is 0 Å².